The summed E-state index contributed by atoms with van der Waals surface area (Å²) in [6, 6.07) is 0. The van der Waals surface area contributed by atoms with Gasteiger partial charge in [-0.05, 0) is 0 Å². The Labute approximate surface area is 112 Å². The number of nitrogens with two attached hydrogens (primary N) is 1. The maximum absolute atomic E-state index is 10.8. The quantitative estimate of drug-likeness (QED) is 0.656. The Morgan fingerprint density at radius 2 is 2.25 bits per heavy atom. The number of anilines is 1. The van der Waals surface area contributed by atoms with Crippen molar-refractivity contribution in [3.8, 4) is 0 Å². The lowest BCUT2D eigenvalue weighted by atomic mass is 10.3. The van der Waals surface area contributed by atoms with Crippen molar-refractivity contribution in [1.82, 2.24) is 19.5 Å². The molecule has 0 radical (unpaired) electrons. The van der Waals surface area contributed by atoms with Crippen molar-refractivity contribution in [2.75, 3.05) is 12.3 Å². The third kappa shape index (κ3) is 2.51. The summed E-state index contributed by atoms with van der Waals surface area (Å²) in [6.45, 7) is 0.0794. The Bertz CT molecular complexity index is 684. The molecule has 1 saturated heterocycles. The van der Waals surface area contributed by atoms with Crippen molar-refractivity contribution < 1.29 is 23.6 Å². The summed E-state index contributed by atoms with van der Waals surface area (Å²) in [6.07, 6.45) is 1.94. The first kappa shape index (κ1) is 13.4. The van der Waals surface area contributed by atoms with Crippen LogP contribution in [0.2, 0.25) is 0 Å². The molecule has 0 bridgehead atoms. The van der Waals surface area contributed by atoms with Gasteiger partial charge in [0.15, 0.2) is 11.5 Å². The average molecular weight is 301 g/mol. The lowest BCUT2D eigenvalue weighted by molar-refractivity contribution is 0.0491. The first-order valence-electron chi connectivity index (χ1n) is 5.72. The van der Waals surface area contributed by atoms with Gasteiger partial charge in [-0.2, -0.15) is 0 Å². The van der Waals surface area contributed by atoms with Crippen LogP contribution < -0.4 is 5.73 Å². The maximum atomic E-state index is 10.8. The fraction of sp³-hybridized carbons (Fsp3) is 0.444. The minimum atomic E-state index is -4.52. The third-order valence-corrected chi connectivity index (χ3v) is 3.50. The molecule has 0 amide bonds. The highest BCUT2D eigenvalue weighted by molar-refractivity contribution is 7.46. The summed E-state index contributed by atoms with van der Waals surface area (Å²) in [5.74, 6) is 0.259. The summed E-state index contributed by atoms with van der Waals surface area (Å²) >= 11 is 0. The van der Waals surface area contributed by atoms with Crippen LogP contribution in [0.5, 0.6) is 0 Å². The van der Waals surface area contributed by atoms with E-state index in [1.165, 1.54) is 12.7 Å². The Balaban J connectivity index is 1.83. The van der Waals surface area contributed by atoms with Crippen LogP contribution in [-0.2, 0) is 13.8 Å². The van der Waals surface area contributed by atoms with Crippen LogP contribution in [0.25, 0.3) is 11.2 Å². The molecule has 4 N–H and O–H groups in total. The molecule has 11 heteroatoms. The lowest BCUT2D eigenvalue weighted by Gasteiger charge is -2.12. The second kappa shape index (κ2) is 4.76. The van der Waals surface area contributed by atoms with E-state index in [4.69, 9.17) is 20.3 Å². The summed E-state index contributed by atoms with van der Waals surface area (Å²) < 4.78 is 22.5. The van der Waals surface area contributed by atoms with E-state index in [0.717, 1.165) is 0 Å². The lowest BCUT2D eigenvalue weighted by Crippen LogP contribution is -2.11. The molecule has 108 valence electrons. The largest absolute Gasteiger partial charge is 0.469 e. The number of ether oxygens (including phenoxy) is 1. The number of nitrogen functional groups attached to an aromatic ring is 1. The number of phosphoric ester groups is 1. The van der Waals surface area contributed by atoms with E-state index in [-0.39, 0.29) is 18.8 Å². The minimum Gasteiger partial charge on any atom is -0.382 e. The summed E-state index contributed by atoms with van der Waals surface area (Å²) in [5.41, 5.74) is 6.64. The van der Waals surface area contributed by atoms with Gasteiger partial charge in [-0.25, -0.2) is 19.5 Å². The van der Waals surface area contributed by atoms with Gasteiger partial charge in [0.2, 0.25) is 0 Å². The molecule has 0 saturated carbocycles. The van der Waals surface area contributed by atoms with Crippen molar-refractivity contribution in [1.29, 1.82) is 0 Å². The van der Waals surface area contributed by atoms with Crippen molar-refractivity contribution >= 4 is 24.8 Å². The molecule has 3 heterocycles. The Morgan fingerprint density at radius 1 is 1.45 bits per heavy atom. The molecule has 0 aromatic carbocycles. The molecule has 0 spiro atoms. The van der Waals surface area contributed by atoms with E-state index < -0.39 is 20.2 Å². The van der Waals surface area contributed by atoms with E-state index >= 15 is 0 Å². The van der Waals surface area contributed by atoms with Crippen LogP contribution in [0.4, 0.5) is 5.82 Å². The molecular formula is C9H12N5O5P. The zero-order valence-electron chi connectivity index (χ0n) is 10.2. The van der Waals surface area contributed by atoms with Crippen LogP contribution in [0, 0.1) is 0 Å². The van der Waals surface area contributed by atoms with E-state index in [0.29, 0.717) is 11.2 Å². The predicted molar refractivity (Wildman–Crippen MR) is 66.3 cm³/mol. The average Bonchev–Trinajstić information content (AvgIpc) is 2.93. The normalized spacial score (nSPS) is 23.5. The smallest absolute Gasteiger partial charge is 0.382 e. The fourth-order valence-electron chi connectivity index (χ4n) is 2.12. The van der Waals surface area contributed by atoms with Gasteiger partial charge in [-0.1, -0.05) is 0 Å². The fourth-order valence-corrected chi connectivity index (χ4v) is 2.66. The van der Waals surface area contributed by atoms with Crippen LogP contribution >= 0.6 is 7.82 Å². The highest BCUT2D eigenvalue weighted by Gasteiger charge is 2.33. The Morgan fingerprint density at radius 3 is 3.00 bits per heavy atom. The summed E-state index contributed by atoms with van der Waals surface area (Å²) in [5, 5.41) is 0. The first-order valence-corrected chi connectivity index (χ1v) is 7.25. The van der Waals surface area contributed by atoms with Gasteiger partial charge >= 0.3 is 7.82 Å². The molecular weight excluding hydrogens is 289 g/mol. The summed E-state index contributed by atoms with van der Waals surface area (Å²) in [7, 11) is -4.52. The topological polar surface area (TPSA) is 146 Å². The molecule has 1 fully saturated rings. The van der Waals surface area contributed by atoms with Gasteiger partial charge < -0.3 is 20.3 Å². The number of rotatable bonds is 3. The van der Waals surface area contributed by atoms with Crippen LogP contribution in [0.1, 0.15) is 12.6 Å². The number of fused-ring (bicyclic) bond motifs is 1. The van der Waals surface area contributed by atoms with Crippen molar-refractivity contribution in [3.05, 3.63) is 12.7 Å². The number of aromatic nitrogens is 4. The number of hydrogen-bond acceptors (Lipinski definition) is 7. The number of phosphoric acid groups is 1. The third-order valence-electron chi connectivity index (χ3n) is 2.92. The van der Waals surface area contributed by atoms with E-state index in [9.17, 15) is 4.57 Å². The first-order chi connectivity index (χ1) is 9.44. The van der Waals surface area contributed by atoms with Gasteiger partial charge in [-0.15, -0.1) is 0 Å². The van der Waals surface area contributed by atoms with Gasteiger partial charge in [0.25, 0.3) is 0 Å². The number of hydrogen-bond donors (Lipinski definition) is 3. The molecule has 10 nitrogen and oxygen atoms in total. The second-order valence-electron chi connectivity index (χ2n) is 4.32. The molecule has 20 heavy (non-hydrogen) atoms. The molecule has 2 aromatic rings. The predicted octanol–water partition coefficient (Wildman–Crippen LogP) is -0.195. The van der Waals surface area contributed by atoms with E-state index in [1.54, 1.807) is 4.57 Å². The van der Waals surface area contributed by atoms with Gasteiger partial charge in [0.1, 0.15) is 18.1 Å². The molecule has 2 aromatic heterocycles. The zero-order chi connectivity index (χ0) is 14.3. The number of imidazole rings is 1. The number of nitrogens with zero attached hydrogens (tertiary/aromatic N) is 4. The Kier molecular flexibility index (Phi) is 3.19. The maximum Gasteiger partial charge on any atom is 0.469 e. The van der Waals surface area contributed by atoms with Gasteiger partial charge in [0.05, 0.1) is 19.0 Å². The van der Waals surface area contributed by atoms with E-state index in [1.807, 2.05) is 0 Å². The highest BCUT2D eigenvalue weighted by Crippen LogP contribution is 2.41. The van der Waals surface area contributed by atoms with Crippen molar-refractivity contribution in [2.45, 2.75) is 18.8 Å². The molecule has 1 unspecified atom stereocenters. The van der Waals surface area contributed by atoms with Crippen LogP contribution in [0.15, 0.2) is 12.7 Å². The second-order valence-corrected chi connectivity index (χ2v) is 5.52. The molecule has 2 atom stereocenters. The Hall–Kier alpha value is -1.58. The minimum absolute atomic E-state index is 0.0794. The molecule has 3 rings (SSSR count). The van der Waals surface area contributed by atoms with E-state index in [2.05, 4.69) is 19.5 Å². The zero-order valence-corrected chi connectivity index (χ0v) is 11.1. The van der Waals surface area contributed by atoms with Gasteiger partial charge in [0, 0.05) is 6.42 Å². The van der Waals surface area contributed by atoms with Crippen molar-refractivity contribution in [3.63, 3.8) is 0 Å². The molecule has 1 aliphatic rings. The molecule has 0 aliphatic carbocycles. The van der Waals surface area contributed by atoms with Gasteiger partial charge in [-0.3, -0.25) is 9.09 Å². The SMILES string of the molecule is Nc1ncnc2c1ncn2[C@H]1CC(OP(=O)(O)O)CO1. The van der Waals surface area contributed by atoms with Crippen LogP contribution in [-0.4, -0.2) is 42.0 Å². The monoisotopic (exact) mass is 301 g/mol. The highest BCUT2D eigenvalue weighted by atomic mass is 31.2. The summed E-state index contributed by atoms with van der Waals surface area (Å²) in [4.78, 5) is 29.6. The molecule has 1 aliphatic heterocycles. The van der Waals surface area contributed by atoms with Crippen molar-refractivity contribution in [2.24, 2.45) is 0 Å². The standard InChI is InChI=1S/C9H12N5O5P/c10-8-7-9(12-3-11-8)14(4-13-7)6-1-5(2-18-6)19-20(15,16)17/h3-6H,1-2H2,(H2,10,11,12)(H2,15,16,17)/t5?,6-/m1/s1. The van der Waals surface area contributed by atoms with Crippen LogP contribution in [0.3, 0.4) is 0 Å².